The maximum atomic E-state index is 12.3. The van der Waals surface area contributed by atoms with Gasteiger partial charge in [0, 0.05) is 47.9 Å². The molecule has 1 atom stereocenters. The number of aromatic nitrogens is 1. The highest BCUT2D eigenvalue weighted by atomic mass is 16.5. The molecule has 1 aromatic heterocycles. The fraction of sp³-hybridized carbons (Fsp3) is 0.647. The molecule has 1 aliphatic rings. The summed E-state index contributed by atoms with van der Waals surface area (Å²) >= 11 is 0. The number of likely N-dealkylation sites (tertiary alicyclic amines) is 1. The number of nitrogens with zero attached hydrogens (tertiary/aromatic N) is 2. The van der Waals surface area contributed by atoms with Crippen molar-refractivity contribution < 1.29 is 9.53 Å². The summed E-state index contributed by atoms with van der Waals surface area (Å²) in [5, 5.41) is 0. The lowest BCUT2D eigenvalue weighted by Gasteiger charge is -2.25. The first-order chi connectivity index (χ1) is 9.75. The van der Waals surface area contributed by atoms with Crippen LogP contribution in [0.15, 0.2) is 12.1 Å². The first kappa shape index (κ1) is 15.8. The van der Waals surface area contributed by atoms with E-state index in [0.717, 1.165) is 36.6 Å². The van der Waals surface area contributed by atoms with Crippen LogP contribution in [0.25, 0.3) is 0 Å². The minimum absolute atomic E-state index is 0.237. The summed E-state index contributed by atoms with van der Waals surface area (Å²) in [4.78, 5) is 18.6. The van der Waals surface area contributed by atoms with Crippen molar-refractivity contribution in [3.8, 4) is 5.75 Å². The van der Waals surface area contributed by atoms with E-state index in [9.17, 15) is 4.79 Å². The van der Waals surface area contributed by atoms with E-state index in [1.165, 1.54) is 0 Å². The lowest BCUT2D eigenvalue weighted by atomic mass is 9.95. The van der Waals surface area contributed by atoms with Gasteiger partial charge in [-0.3, -0.25) is 9.78 Å². The van der Waals surface area contributed by atoms with Crippen molar-refractivity contribution in [1.29, 1.82) is 0 Å². The molecular weight excluding hydrogens is 264 g/mol. The van der Waals surface area contributed by atoms with Crippen LogP contribution in [0.3, 0.4) is 0 Å². The highest BCUT2D eigenvalue weighted by Gasteiger charge is 2.32. The topological polar surface area (TPSA) is 42.4 Å². The summed E-state index contributed by atoms with van der Waals surface area (Å²) in [6.45, 7) is 12.2. The number of rotatable bonds is 3. The molecule has 21 heavy (non-hydrogen) atoms. The number of hydrogen-bond donors (Lipinski definition) is 0. The van der Waals surface area contributed by atoms with Crippen LogP contribution in [0.2, 0.25) is 0 Å². The van der Waals surface area contributed by atoms with Crippen molar-refractivity contribution in [2.45, 2.75) is 41.0 Å². The first-order valence-corrected chi connectivity index (χ1v) is 7.63. The fourth-order valence-corrected chi connectivity index (χ4v) is 2.72. The Balaban J connectivity index is 1.87. The zero-order valence-corrected chi connectivity index (χ0v) is 13.8. The maximum Gasteiger partial charge on any atom is 0.227 e. The van der Waals surface area contributed by atoms with Crippen LogP contribution < -0.4 is 4.74 Å². The minimum Gasteiger partial charge on any atom is -0.493 e. The Morgan fingerprint density at radius 3 is 2.52 bits per heavy atom. The van der Waals surface area contributed by atoms with Crippen molar-refractivity contribution >= 4 is 5.91 Å². The molecule has 2 rings (SSSR count). The van der Waals surface area contributed by atoms with Gasteiger partial charge in [-0.1, -0.05) is 20.8 Å². The van der Waals surface area contributed by atoms with E-state index in [-0.39, 0.29) is 11.3 Å². The van der Waals surface area contributed by atoms with Crippen LogP contribution in [-0.2, 0) is 4.79 Å². The van der Waals surface area contributed by atoms with E-state index >= 15 is 0 Å². The average Bonchev–Trinajstić information content (AvgIpc) is 2.81. The van der Waals surface area contributed by atoms with Gasteiger partial charge in [-0.25, -0.2) is 0 Å². The van der Waals surface area contributed by atoms with E-state index in [1.54, 1.807) is 0 Å². The smallest absolute Gasteiger partial charge is 0.227 e. The van der Waals surface area contributed by atoms with Gasteiger partial charge in [0.15, 0.2) is 0 Å². The van der Waals surface area contributed by atoms with Crippen LogP contribution in [0.4, 0.5) is 0 Å². The fourth-order valence-electron chi connectivity index (χ4n) is 2.72. The number of carbonyl (C=O) groups is 1. The normalized spacial score (nSPS) is 18.9. The molecule has 0 saturated carbocycles. The molecule has 4 nitrogen and oxygen atoms in total. The third-order valence-corrected chi connectivity index (χ3v) is 3.76. The molecule has 2 heterocycles. The molecule has 1 aliphatic heterocycles. The largest absolute Gasteiger partial charge is 0.493 e. The minimum atomic E-state index is -0.297. The molecule has 4 heteroatoms. The summed E-state index contributed by atoms with van der Waals surface area (Å²) < 4.78 is 5.89. The molecule has 1 aromatic rings. The molecule has 0 aliphatic carbocycles. The molecule has 1 fully saturated rings. The third kappa shape index (κ3) is 4.19. The lowest BCUT2D eigenvalue weighted by Crippen LogP contribution is -2.38. The van der Waals surface area contributed by atoms with Crippen LogP contribution in [0.5, 0.6) is 5.75 Å². The predicted octanol–water partition coefficient (Wildman–Crippen LogP) is 2.97. The highest BCUT2D eigenvalue weighted by Crippen LogP contribution is 2.24. The average molecular weight is 290 g/mol. The Labute approximate surface area is 127 Å². The number of ether oxygens (including phenoxy) is 1. The van der Waals surface area contributed by atoms with E-state index < -0.39 is 0 Å². The second kappa shape index (κ2) is 6.04. The second-order valence-electron chi connectivity index (χ2n) is 7.05. The summed E-state index contributed by atoms with van der Waals surface area (Å²) in [5.41, 5.74) is 1.65. The van der Waals surface area contributed by atoms with Gasteiger partial charge in [-0.2, -0.15) is 0 Å². The molecule has 0 bridgehead atoms. The van der Waals surface area contributed by atoms with Crippen LogP contribution in [0, 0.1) is 25.2 Å². The Bertz CT molecular complexity index is 500. The Kier molecular flexibility index (Phi) is 4.55. The maximum absolute atomic E-state index is 12.3. The lowest BCUT2D eigenvalue weighted by molar-refractivity contribution is -0.138. The molecular formula is C17H26N2O2. The van der Waals surface area contributed by atoms with Gasteiger partial charge in [0.25, 0.3) is 0 Å². The summed E-state index contributed by atoms with van der Waals surface area (Å²) in [7, 11) is 0. The van der Waals surface area contributed by atoms with Crippen LogP contribution >= 0.6 is 0 Å². The van der Waals surface area contributed by atoms with E-state index in [1.807, 2.05) is 51.7 Å². The van der Waals surface area contributed by atoms with Crippen molar-refractivity contribution in [1.82, 2.24) is 9.88 Å². The summed E-state index contributed by atoms with van der Waals surface area (Å²) in [6.07, 6.45) is 1.02. The number of amides is 1. The van der Waals surface area contributed by atoms with Crippen LogP contribution in [0.1, 0.15) is 38.6 Å². The number of carbonyl (C=O) groups excluding carboxylic acids is 1. The SMILES string of the molecule is Cc1cc(OCC2CCN(C(=O)C(C)(C)C)C2)cc(C)n1. The monoisotopic (exact) mass is 290 g/mol. The Hall–Kier alpha value is -1.58. The second-order valence-corrected chi connectivity index (χ2v) is 7.05. The van der Waals surface area contributed by atoms with Gasteiger partial charge in [0.2, 0.25) is 5.91 Å². The van der Waals surface area contributed by atoms with Crippen molar-refractivity contribution in [3.05, 3.63) is 23.5 Å². The van der Waals surface area contributed by atoms with Gasteiger partial charge in [0.05, 0.1) is 6.61 Å². The van der Waals surface area contributed by atoms with Crippen molar-refractivity contribution in [3.63, 3.8) is 0 Å². The van der Waals surface area contributed by atoms with E-state index in [2.05, 4.69) is 4.98 Å². The van der Waals surface area contributed by atoms with Gasteiger partial charge >= 0.3 is 0 Å². The van der Waals surface area contributed by atoms with Gasteiger partial charge in [-0.15, -0.1) is 0 Å². The van der Waals surface area contributed by atoms with Gasteiger partial charge < -0.3 is 9.64 Å². The number of aryl methyl sites for hydroxylation is 2. The zero-order chi connectivity index (χ0) is 15.6. The molecule has 116 valence electrons. The molecule has 1 saturated heterocycles. The molecule has 0 N–H and O–H groups in total. The van der Waals surface area contributed by atoms with E-state index in [0.29, 0.717) is 12.5 Å². The Morgan fingerprint density at radius 2 is 1.95 bits per heavy atom. The summed E-state index contributed by atoms with van der Waals surface area (Å²) in [5.74, 6) is 1.53. The molecule has 0 radical (unpaired) electrons. The van der Waals surface area contributed by atoms with Crippen molar-refractivity contribution in [2.75, 3.05) is 19.7 Å². The van der Waals surface area contributed by atoms with Crippen molar-refractivity contribution in [2.24, 2.45) is 11.3 Å². The number of pyridine rings is 1. The summed E-state index contributed by atoms with van der Waals surface area (Å²) in [6, 6.07) is 3.92. The van der Waals surface area contributed by atoms with Gasteiger partial charge in [-0.05, 0) is 20.3 Å². The molecule has 0 aromatic carbocycles. The highest BCUT2D eigenvalue weighted by molar-refractivity contribution is 5.81. The molecule has 0 spiro atoms. The van der Waals surface area contributed by atoms with Crippen LogP contribution in [-0.4, -0.2) is 35.5 Å². The molecule has 1 amide bonds. The van der Waals surface area contributed by atoms with E-state index in [4.69, 9.17) is 4.74 Å². The van der Waals surface area contributed by atoms with Gasteiger partial charge in [0.1, 0.15) is 5.75 Å². The standard InChI is InChI=1S/C17H26N2O2/c1-12-8-15(9-13(2)18-12)21-11-14-6-7-19(10-14)16(20)17(3,4)5/h8-9,14H,6-7,10-11H2,1-5H3. The third-order valence-electron chi connectivity index (χ3n) is 3.76. The zero-order valence-electron chi connectivity index (χ0n) is 13.8. The predicted molar refractivity (Wildman–Crippen MR) is 83.3 cm³/mol. The Morgan fingerprint density at radius 1 is 1.33 bits per heavy atom. The molecule has 1 unspecified atom stereocenters. The number of hydrogen-bond acceptors (Lipinski definition) is 3. The quantitative estimate of drug-likeness (QED) is 0.859. The first-order valence-electron chi connectivity index (χ1n) is 7.63.